The van der Waals surface area contributed by atoms with E-state index in [1.807, 2.05) is 49.3 Å². The maximum atomic E-state index is 13.8. The maximum Gasteiger partial charge on any atom is 0.328 e. The van der Waals surface area contributed by atoms with Crippen molar-refractivity contribution in [3.63, 3.8) is 0 Å². The van der Waals surface area contributed by atoms with Crippen LogP contribution < -0.4 is 11.1 Å². The third-order valence-corrected chi connectivity index (χ3v) is 7.92. The largest absolute Gasteiger partial charge is 0.467 e. The van der Waals surface area contributed by atoms with Gasteiger partial charge in [0.15, 0.2) is 5.78 Å². The van der Waals surface area contributed by atoms with E-state index in [0.29, 0.717) is 30.8 Å². The van der Waals surface area contributed by atoms with E-state index in [4.69, 9.17) is 10.5 Å². The molecule has 0 saturated heterocycles. The number of benzene rings is 1. The van der Waals surface area contributed by atoms with Crippen LogP contribution in [-0.2, 0) is 38.5 Å². The zero-order valence-corrected chi connectivity index (χ0v) is 22.9. The number of hydrogen-bond donors (Lipinski definition) is 3. The van der Waals surface area contributed by atoms with Crippen LogP contribution >= 0.6 is 11.8 Å². The number of thioether (sulfide) groups is 1. The lowest BCUT2D eigenvalue weighted by Gasteiger charge is -2.44. The van der Waals surface area contributed by atoms with Crippen LogP contribution in [0.25, 0.3) is 0 Å². The number of hydrogen-bond acceptors (Lipinski definition) is 8. The summed E-state index contributed by atoms with van der Waals surface area (Å²) in [6.45, 7) is 4.48. The van der Waals surface area contributed by atoms with Crippen molar-refractivity contribution < 1.29 is 19.1 Å². The summed E-state index contributed by atoms with van der Waals surface area (Å²) in [4.78, 5) is 49.0. The number of nitrogens with one attached hydrogen (secondary N) is 2. The van der Waals surface area contributed by atoms with Gasteiger partial charge in [0.2, 0.25) is 5.91 Å². The Morgan fingerprint density at radius 2 is 2.03 bits per heavy atom. The first-order valence-corrected chi connectivity index (χ1v) is 14.1. The van der Waals surface area contributed by atoms with Gasteiger partial charge in [0.25, 0.3) is 0 Å². The van der Waals surface area contributed by atoms with Crippen LogP contribution in [0.1, 0.15) is 43.5 Å². The number of carbonyl (C=O) groups excluding carboxylic acids is 3. The summed E-state index contributed by atoms with van der Waals surface area (Å²) in [7, 11) is 1.32. The highest BCUT2D eigenvalue weighted by molar-refractivity contribution is 7.98. The van der Waals surface area contributed by atoms with Gasteiger partial charge in [0, 0.05) is 30.9 Å². The van der Waals surface area contributed by atoms with Gasteiger partial charge < -0.3 is 20.8 Å². The van der Waals surface area contributed by atoms with E-state index in [1.54, 1.807) is 24.3 Å². The lowest BCUT2D eigenvalue weighted by molar-refractivity contribution is -0.146. The van der Waals surface area contributed by atoms with Gasteiger partial charge in [-0.05, 0) is 41.9 Å². The van der Waals surface area contributed by atoms with E-state index in [-0.39, 0.29) is 24.0 Å². The third-order valence-electron chi connectivity index (χ3n) is 7.27. The average Bonchev–Trinajstić information content (AvgIpc) is 3.42. The highest BCUT2D eigenvalue weighted by Crippen LogP contribution is 2.29. The van der Waals surface area contributed by atoms with Crippen molar-refractivity contribution in [1.29, 1.82) is 0 Å². The highest BCUT2D eigenvalue weighted by atomic mass is 32.2. The number of H-pyrrole nitrogens is 1. The molecule has 1 amide bonds. The van der Waals surface area contributed by atoms with Gasteiger partial charge >= 0.3 is 5.97 Å². The molecule has 2 heterocycles. The number of carbonyl (C=O) groups is 3. The molecule has 0 radical (unpaired) electrons. The molecule has 0 aliphatic carbocycles. The van der Waals surface area contributed by atoms with Crippen molar-refractivity contribution in [2.24, 2.45) is 11.7 Å². The Bertz CT molecular complexity index is 1050. The fourth-order valence-corrected chi connectivity index (χ4v) is 5.32. The highest BCUT2D eigenvalue weighted by Gasteiger charge is 2.43. The van der Waals surface area contributed by atoms with Crippen LogP contribution in [-0.4, -0.2) is 75.8 Å². The van der Waals surface area contributed by atoms with Crippen molar-refractivity contribution in [2.45, 2.75) is 70.2 Å². The van der Waals surface area contributed by atoms with E-state index in [9.17, 15) is 14.4 Å². The predicted octanol–water partition coefficient (Wildman–Crippen LogP) is 2.10. The molecule has 4 N–H and O–H groups in total. The smallest absolute Gasteiger partial charge is 0.328 e. The summed E-state index contributed by atoms with van der Waals surface area (Å²) in [6.07, 6.45) is 6.93. The van der Waals surface area contributed by atoms with E-state index in [0.717, 1.165) is 17.5 Å². The summed E-state index contributed by atoms with van der Waals surface area (Å²) in [5.74, 6) is -0.0984. The van der Waals surface area contributed by atoms with E-state index >= 15 is 0 Å². The fraction of sp³-hybridized carbons (Fsp3) is 0.556. The van der Waals surface area contributed by atoms with Gasteiger partial charge in [-0.25, -0.2) is 9.78 Å². The minimum atomic E-state index is -0.758. The number of nitrogens with zero attached hydrogens (tertiary/aromatic N) is 2. The number of amides is 1. The first kappa shape index (κ1) is 28.9. The minimum Gasteiger partial charge on any atom is -0.467 e. The zero-order chi connectivity index (χ0) is 26.9. The fourth-order valence-electron chi connectivity index (χ4n) is 4.85. The second kappa shape index (κ2) is 13.7. The van der Waals surface area contributed by atoms with Crippen LogP contribution in [0.5, 0.6) is 0 Å². The lowest BCUT2D eigenvalue weighted by Crippen LogP contribution is -2.63. The number of nitrogens with two attached hydrogens (primary N) is 1. The van der Waals surface area contributed by atoms with Gasteiger partial charge in [0.05, 0.1) is 25.5 Å². The normalized spacial score (nSPS) is 18.8. The number of ketones is 1. The predicted molar refractivity (Wildman–Crippen MR) is 145 cm³/mol. The van der Waals surface area contributed by atoms with E-state index in [1.165, 1.54) is 7.11 Å². The molecule has 5 atom stereocenters. The van der Waals surface area contributed by atoms with Crippen molar-refractivity contribution in [2.75, 3.05) is 19.1 Å². The molecule has 0 spiro atoms. The molecule has 9 nitrogen and oxygen atoms in total. The molecule has 10 heteroatoms. The summed E-state index contributed by atoms with van der Waals surface area (Å²) >= 11 is 1.59. The first-order chi connectivity index (χ1) is 17.8. The van der Waals surface area contributed by atoms with Crippen LogP contribution in [0.2, 0.25) is 0 Å². The monoisotopic (exact) mass is 529 g/mol. The summed E-state index contributed by atoms with van der Waals surface area (Å²) in [5.41, 5.74) is 9.57. The van der Waals surface area contributed by atoms with Gasteiger partial charge in [-0.15, -0.1) is 0 Å². The van der Waals surface area contributed by atoms with Gasteiger partial charge in [-0.1, -0.05) is 44.5 Å². The number of esters is 1. The molecule has 2 unspecified atom stereocenters. The Balaban J connectivity index is 1.98. The lowest BCUT2D eigenvalue weighted by atomic mass is 9.84. The van der Waals surface area contributed by atoms with Crippen molar-refractivity contribution >= 4 is 29.4 Å². The Kier molecular flexibility index (Phi) is 10.7. The number of fused-ring (bicyclic) bond motifs is 1. The number of methoxy groups -OCH3 is 1. The van der Waals surface area contributed by atoms with Gasteiger partial charge in [0.1, 0.15) is 6.04 Å². The molecular formula is C27H39N5O4S. The van der Waals surface area contributed by atoms with Crippen LogP contribution in [0.4, 0.5) is 0 Å². The standard InChI is InChI=1S/C27H39N5O4S/c1-5-17(2)24(28)25(23(33)13-20-14-29-16-30-20)32-15-19-9-7-6-8-18(19)12-22(32)26(34)31-21(10-11-37-4)27(35)36-3/h6-9,14,16-17,21-22,24-25H,5,10-13,15,28H2,1-4H3,(H,29,30)(H,31,34)/t17-,21?,22-,24-,25?/m0/s1. The molecule has 0 fully saturated rings. The Morgan fingerprint density at radius 3 is 2.65 bits per heavy atom. The molecule has 2 aromatic rings. The van der Waals surface area contributed by atoms with Gasteiger partial charge in [-0.3, -0.25) is 14.5 Å². The first-order valence-electron chi connectivity index (χ1n) is 12.8. The maximum absolute atomic E-state index is 13.8. The Labute approximate surface area is 223 Å². The van der Waals surface area contributed by atoms with Crippen molar-refractivity contribution in [3.8, 4) is 0 Å². The number of aromatic nitrogens is 2. The number of rotatable bonds is 13. The Hall–Kier alpha value is -2.69. The molecular weight excluding hydrogens is 490 g/mol. The van der Waals surface area contributed by atoms with E-state index in [2.05, 4.69) is 15.3 Å². The van der Waals surface area contributed by atoms with Gasteiger partial charge in [-0.2, -0.15) is 11.8 Å². The van der Waals surface area contributed by atoms with Crippen LogP contribution in [0, 0.1) is 5.92 Å². The molecule has 0 bridgehead atoms. The zero-order valence-electron chi connectivity index (χ0n) is 22.1. The number of imidazole rings is 1. The second-order valence-electron chi connectivity index (χ2n) is 9.65. The van der Waals surface area contributed by atoms with E-state index < -0.39 is 30.1 Å². The molecule has 37 heavy (non-hydrogen) atoms. The quantitative estimate of drug-likeness (QED) is 0.336. The average molecular weight is 530 g/mol. The number of ether oxygens (including phenoxy) is 1. The van der Waals surface area contributed by atoms with Crippen LogP contribution in [0.3, 0.4) is 0 Å². The molecule has 1 aromatic heterocycles. The number of Topliss-reactive ketones (excluding diaryl/α,β-unsaturated/α-hetero) is 1. The summed E-state index contributed by atoms with van der Waals surface area (Å²) in [5, 5.41) is 2.92. The van der Waals surface area contributed by atoms with Crippen LogP contribution in [0.15, 0.2) is 36.8 Å². The molecule has 1 aliphatic rings. The Morgan fingerprint density at radius 1 is 1.30 bits per heavy atom. The molecule has 202 valence electrons. The minimum absolute atomic E-state index is 0.0565. The molecule has 1 aromatic carbocycles. The molecule has 1 aliphatic heterocycles. The second-order valence-corrected chi connectivity index (χ2v) is 10.6. The molecule has 0 saturated carbocycles. The topological polar surface area (TPSA) is 130 Å². The summed E-state index contributed by atoms with van der Waals surface area (Å²) in [6, 6.07) is 5.35. The van der Waals surface area contributed by atoms with Crippen molar-refractivity contribution in [3.05, 3.63) is 53.6 Å². The summed E-state index contributed by atoms with van der Waals surface area (Å²) < 4.78 is 4.95. The number of aromatic amines is 1. The SMILES string of the molecule is CC[C@H](C)[C@H](N)C(C(=O)Cc1cnc[nH]1)N1Cc2ccccc2C[C@H]1C(=O)NC(CCSC)C(=O)OC. The molecule has 3 rings (SSSR count). The third kappa shape index (κ3) is 7.21. The van der Waals surface area contributed by atoms with Crippen molar-refractivity contribution in [1.82, 2.24) is 20.2 Å².